The predicted molar refractivity (Wildman–Crippen MR) is 69.9 cm³/mol. The highest BCUT2D eigenvalue weighted by atomic mass is 35.5. The van der Waals surface area contributed by atoms with Crippen molar-refractivity contribution in [3.63, 3.8) is 0 Å². The Morgan fingerprint density at radius 1 is 1.35 bits per heavy atom. The van der Waals surface area contributed by atoms with Crippen LogP contribution in [0.4, 0.5) is 0 Å². The Bertz CT molecular complexity index is 510. The van der Waals surface area contributed by atoms with Gasteiger partial charge < -0.3 is 5.73 Å². The van der Waals surface area contributed by atoms with Gasteiger partial charge in [0.05, 0.1) is 5.02 Å². The number of nitrogens with one attached hydrogen (secondary N) is 1. The van der Waals surface area contributed by atoms with E-state index in [0.717, 1.165) is 0 Å². The van der Waals surface area contributed by atoms with E-state index in [1.54, 1.807) is 13.8 Å². The monoisotopic (exact) mass is 296 g/mol. The molecule has 1 rings (SSSR count). The number of hydrogen-bond donors (Lipinski definition) is 2. The molecule has 0 aliphatic heterocycles. The van der Waals surface area contributed by atoms with E-state index < -0.39 is 15.6 Å². The van der Waals surface area contributed by atoms with E-state index in [9.17, 15) is 8.42 Å². The second kappa shape index (κ2) is 5.12. The van der Waals surface area contributed by atoms with Crippen molar-refractivity contribution in [2.45, 2.75) is 24.3 Å². The van der Waals surface area contributed by atoms with Crippen LogP contribution >= 0.6 is 23.2 Å². The number of benzene rings is 1. The van der Waals surface area contributed by atoms with Gasteiger partial charge in [0, 0.05) is 17.1 Å². The summed E-state index contributed by atoms with van der Waals surface area (Å²) in [6.45, 7) is 3.56. The molecule has 0 amide bonds. The fourth-order valence-electron chi connectivity index (χ4n) is 1.05. The number of sulfonamides is 1. The zero-order valence-electron chi connectivity index (χ0n) is 9.50. The quantitative estimate of drug-likeness (QED) is 0.893. The van der Waals surface area contributed by atoms with Gasteiger partial charge in [-0.1, -0.05) is 23.2 Å². The maximum atomic E-state index is 11.9. The fourth-order valence-corrected chi connectivity index (χ4v) is 3.05. The van der Waals surface area contributed by atoms with Crippen LogP contribution in [-0.4, -0.2) is 20.5 Å². The molecule has 0 fully saturated rings. The summed E-state index contributed by atoms with van der Waals surface area (Å²) in [5, 5.41) is 0.466. The van der Waals surface area contributed by atoms with Gasteiger partial charge in [-0.05, 0) is 32.0 Å². The maximum Gasteiger partial charge on any atom is 0.242 e. The largest absolute Gasteiger partial charge is 0.324 e. The molecule has 1 aromatic carbocycles. The average molecular weight is 297 g/mol. The van der Waals surface area contributed by atoms with Gasteiger partial charge in [-0.2, -0.15) is 0 Å². The van der Waals surface area contributed by atoms with Gasteiger partial charge in [0.15, 0.2) is 0 Å². The molecule has 4 nitrogen and oxygen atoms in total. The first-order valence-electron chi connectivity index (χ1n) is 4.85. The predicted octanol–water partition coefficient (Wildman–Crippen LogP) is 2.01. The molecule has 0 spiro atoms. The fraction of sp³-hybridized carbons (Fsp3) is 0.400. The van der Waals surface area contributed by atoms with Crippen LogP contribution in [-0.2, 0) is 10.0 Å². The first-order chi connectivity index (χ1) is 7.62. The normalized spacial score (nSPS) is 12.8. The lowest BCUT2D eigenvalue weighted by Gasteiger charge is -2.19. The van der Waals surface area contributed by atoms with Gasteiger partial charge >= 0.3 is 0 Å². The van der Waals surface area contributed by atoms with E-state index in [1.165, 1.54) is 18.2 Å². The lowest BCUT2D eigenvalue weighted by atomic mass is 10.1. The van der Waals surface area contributed by atoms with E-state index in [-0.39, 0.29) is 16.5 Å². The molecule has 0 bridgehead atoms. The minimum Gasteiger partial charge on any atom is -0.324 e. The van der Waals surface area contributed by atoms with Gasteiger partial charge in [-0.15, -0.1) is 0 Å². The Balaban J connectivity index is 2.98. The molecule has 96 valence electrons. The second-order valence-corrected chi connectivity index (χ2v) is 6.97. The summed E-state index contributed by atoms with van der Waals surface area (Å²) >= 11 is 11.5. The Morgan fingerprint density at radius 3 is 2.41 bits per heavy atom. The number of halogens is 2. The smallest absolute Gasteiger partial charge is 0.242 e. The summed E-state index contributed by atoms with van der Waals surface area (Å²) in [7, 11) is -3.66. The average Bonchev–Trinajstić information content (AvgIpc) is 2.13. The van der Waals surface area contributed by atoms with Crippen molar-refractivity contribution in [1.82, 2.24) is 4.72 Å². The molecule has 0 atom stereocenters. The van der Waals surface area contributed by atoms with Crippen molar-refractivity contribution in [1.29, 1.82) is 0 Å². The third-order valence-electron chi connectivity index (χ3n) is 1.90. The summed E-state index contributed by atoms with van der Waals surface area (Å²) in [5.74, 6) is 0. The molecular formula is C10H14Cl2N2O2S. The third kappa shape index (κ3) is 4.44. The van der Waals surface area contributed by atoms with Crippen LogP contribution < -0.4 is 10.5 Å². The van der Waals surface area contributed by atoms with Crippen molar-refractivity contribution in [3.05, 3.63) is 28.2 Å². The molecule has 0 unspecified atom stereocenters. The van der Waals surface area contributed by atoms with Crippen LogP contribution in [0, 0.1) is 0 Å². The Labute approximate surface area is 111 Å². The minimum absolute atomic E-state index is 0.00665. The summed E-state index contributed by atoms with van der Waals surface area (Å²) < 4.78 is 26.2. The molecule has 1 aromatic rings. The van der Waals surface area contributed by atoms with Gasteiger partial charge in [-0.3, -0.25) is 0 Å². The molecule has 0 aliphatic rings. The highest BCUT2D eigenvalue weighted by Crippen LogP contribution is 2.24. The number of nitrogens with two attached hydrogens (primary N) is 1. The van der Waals surface area contributed by atoms with Crippen molar-refractivity contribution >= 4 is 33.2 Å². The lowest BCUT2D eigenvalue weighted by molar-refractivity contribution is 0.498. The highest BCUT2D eigenvalue weighted by Gasteiger charge is 2.21. The Kier molecular flexibility index (Phi) is 4.43. The van der Waals surface area contributed by atoms with Crippen molar-refractivity contribution in [2.24, 2.45) is 5.73 Å². The molecule has 3 N–H and O–H groups in total. The molecule has 0 saturated heterocycles. The Morgan fingerprint density at radius 2 is 1.94 bits per heavy atom. The number of hydrogen-bond acceptors (Lipinski definition) is 3. The standard InChI is InChI=1S/C10H14Cl2N2O2S/c1-10(2,13)6-14-17(15,16)9-4-3-7(11)5-8(9)12/h3-5,14H,6,13H2,1-2H3. The van der Waals surface area contributed by atoms with E-state index in [4.69, 9.17) is 28.9 Å². The SMILES string of the molecule is CC(C)(N)CNS(=O)(=O)c1ccc(Cl)cc1Cl. The molecular weight excluding hydrogens is 283 g/mol. The topological polar surface area (TPSA) is 72.2 Å². The van der Waals surface area contributed by atoms with Crippen molar-refractivity contribution in [2.75, 3.05) is 6.54 Å². The zero-order chi connectivity index (χ0) is 13.3. The van der Waals surface area contributed by atoms with E-state index in [1.807, 2.05) is 0 Å². The van der Waals surface area contributed by atoms with Gasteiger partial charge in [0.1, 0.15) is 4.90 Å². The number of rotatable bonds is 4. The van der Waals surface area contributed by atoms with Crippen molar-refractivity contribution < 1.29 is 8.42 Å². The highest BCUT2D eigenvalue weighted by molar-refractivity contribution is 7.89. The molecule has 0 radical (unpaired) electrons. The zero-order valence-corrected chi connectivity index (χ0v) is 11.8. The summed E-state index contributed by atoms with van der Waals surface area (Å²) in [6.07, 6.45) is 0. The van der Waals surface area contributed by atoms with Crippen LogP contribution in [0.1, 0.15) is 13.8 Å². The van der Waals surface area contributed by atoms with Gasteiger partial charge in [-0.25, -0.2) is 13.1 Å². The molecule has 0 aliphatic carbocycles. The second-order valence-electron chi connectivity index (χ2n) is 4.39. The van der Waals surface area contributed by atoms with Gasteiger partial charge in [0.2, 0.25) is 10.0 Å². The molecule has 0 heterocycles. The van der Waals surface area contributed by atoms with Crippen LogP contribution in [0.5, 0.6) is 0 Å². The van der Waals surface area contributed by atoms with E-state index in [0.29, 0.717) is 5.02 Å². The molecule has 17 heavy (non-hydrogen) atoms. The summed E-state index contributed by atoms with van der Waals surface area (Å²) in [5.41, 5.74) is 5.07. The lowest BCUT2D eigenvalue weighted by Crippen LogP contribution is -2.45. The van der Waals surface area contributed by atoms with Crippen LogP contribution in [0.25, 0.3) is 0 Å². The minimum atomic E-state index is -3.66. The van der Waals surface area contributed by atoms with Crippen LogP contribution in [0.15, 0.2) is 23.1 Å². The summed E-state index contributed by atoms with van der Waals surface area (Å²) in [4.78, 5) is -0.00665. The Hall–Kier alpha value is -0.330. The van der Waals surface area contributed by atoms with Crippen LogP contribution in [0.3, 0.4) is 0 Å². The summed E-state index contributed by atoms with van der Waals surface area (Å²) in [6, 6.07) is 4.21. The maximum absolute atomic E-state index is 11.9. The third-order valence-corrected chi connectivity index (χ3v) is 4.02. The van der Waals surface area contributed by atoms with Crippen LogP contribution in [0.2, 0.25) is 10.0 Å². The van der Waals surface area contributed by atoms with Crippen molar-refractivity contribution in [3.8, 4) is 0 Å². The van der Waals surface area contributed by atoms with Gasteiger partial charge in [0.25, 0.3) is 0 Å². The first-order valence-corrected chi connectivity index (χ1v) is 7.09. The molecule has 0 saturated carbocycles. The van der Waals surface area contributed by atoms with E-state index in [2.05, 4.69) is 4.72 Å². The van der Waals surface area contributed by atoms with E-state index >= 15 is 0 Å². The molecule has 0 aromatic heterocycles. The first kappa shape index (κ1) is 14.7. The molecule has 7 heteroatoms.